The maximum absolute atomic E-state index is 13.0. The molecule has 1 saturated heterocycles. The molecule has 0 radical (unpaired) electrons. The second-order valence-electron chi connectivity index (χ2n) is 8.32. The van der Waals surface area contributed by atoms with Crippen molar-refractivity contribution < 1.29 is 14.4 Å². The number of carbonyl (C=O) groups excluding carboxylic acids is 3. The average molecular weight is 426 g/mol. The highest BCUT2D eigenvalue weighted by Gasteiger charge is 2.42. The van der Waals surface area contributed by atoms with Gasteiger partial charge < -0.3 is 10.6 Å². The SMILES string of the molecule is Cl.NC1CCC2CN(C(=O)c3cccc(CN4C(=O)c5ccccc5C4=O)c3)CC12. The fourth-order valence-corrected chi connectivity index (χ4v) is 5.02. The summed E-state index contributed by atoms with van der Waals surface area (Å²) < 4.78 is 0. The predicted octanol–water partition coefficient (Wildman–Crippen LogP) is 2.71. The van der Waals surface area contributed by atoms with Gasteiger partial charge in [-0.05, 0) is 54.5 Å². The van der Waals surface area contributed by atoms with Crippen LogP contribution in [0, 0.1) is 11.8 Å². The number of nitrogens with two attached hydrogens (primary N) is 1. The maximum atomic E-state index is 13.0. The number of rotatable bonds is 3. The molecule has 30 heavy (non-hydrogen) atoms. The third-order valence-electron chi connectivity index (χ3n) is 6.59. The van der Waals surface area contributed by atoms with E-state index in [1.165, 1.54) is 4.90 Å². The molecule has 2 N–H and O–H groups in total. The highest BCUT2D eigenvalue weighted by Crippen LogP contribution is 2.37. The van der Waals surface area contributed by atoms with E-state index >= 15 is 0 Å². The highest BCUT2D eigenvalue weighted by molar-refractivity contribution is 6.21. The number of amides is 3. The average Bonchev–Trinajstić information content (AvgIpc) is 3.38. The van der Waals surface area contributed by atoms with E-state index < -0.39 is 0 Å². The summed E-state index contributed by atoms with van der Waals surface area (Å²) in [4.78, 5) is 41.4. The number of carbonyl (C=O) groups is 3. The minimum Gasteiger partial charge on any atom is -0.338 e. The van der Waals surface area contributed by atoms with Crippen molar-refractivity contribution in [3.8, 4) is 0 Å². The summed E-state index contributed by atoms with van der Waals surface area (Å²) in [6.07, 6.45) is 2.14. The lowest BCUT2D eigenvalue weighted by atomic mass is 9.98. The third kappa shape index (κ3) is 3.30. The molecule has 3 atom stereocenters. The zero-order chi connectivity index (χ0) is 20.1. The van der Waals surface area contributed by atoms with Crippen LogP contribution in [0.3, 0.4) is 0 Å². The zero-order valence-corrected chi connectivity index (χ0v) is 17.3. The Morgan fingerprint density at radius 3 is 2.33 bits per heavy atom. The molecule has 156 valence electrons. The van der Waals surface area contributed by atoms with Crippen molar-refractivity contribution in [2.24, 2.45) is 17.6 Å². The van der Waals surface area contributed by atoms with Crippen LogP contribution in [0.15, 0.2) is 48.5 Å². The van der Waals surface area contributed by atoms with Gasteiger partial charge in [0.25, 0.3) is 17.7 Å². The van der Waals surface area contributed by atoms with Crippen molar-refractivity contribution >= 4 is 30.1 Å². The Labute approximate surface area is 181 Å². The molecule has 0 aromatic heterocycles. The Balaban J connectivity index is 0.00000218. The predicted molar refractivity (Wildman–Crippen MR) is 114 cm³/mol. The van der Waals surface area contributed by atoms with Gasteiger partial charge in [-0.25, -0.2) is 0 Å². The van der Waals surface area contributed by atoms with Crippen molar-refractivity contribution in [2.45, 2.75) is 25.4 Å². The first-order chi connectivity index (χ1) is 14.0. The fraction of sp³-hybridized carbons (Fsp3) is 0.348. The monoisotopic (exact) mass is 425 g/mol. The number of nitrogens with zero attached hydrogens (tertiary/aromatic N) is 2. The van der Waals surface area contributed by atoms with Crippen LogP contribution in [0.25, 0.3) is 0 Å². The summed E-state index contributed by atoms with van der Waals surface area (Å²) in [7, 11) is 0. The topological polar surface area (TPSA) is 83.7 Å². The van der Waals surface area contributed by atoms with E-state index in [9.17, 15) is 14.4 Å². The van der Waals surface area contributed by atoms with Gasteiger partial charge in [0, 0.05) is 24.7 Å². The van der Waals surface area contributed by atoms with Gasteiger partial charge in [-0.15, -0.1) is 12.4 Å². The van der Waals surface area contributed by atoms with E-state index in [0.29, 0.717) is 35.1 Å². The summed E-state index contributed by atoms with van der Waals surface area (Å²) in [6, 6.07) is 14.3. The first kappa shape index (κ1) is 20.6. The van der Waals surface area contributed by atoms with Crippen molar-refractivity contribution in [1.82, 2.24) is 9.80 Å². The Morgan fingerprint density at radius 1 is 0.967 bits per heavy atom. The smallest absolute Gasteiger partial charge is 0.261 e. The van der Waals surface area contributed by atoms with Gasteiger partial charge in [0.15, 0.2) is 0 Å². The van der Waals surface area contributed by atoms with E-state index in [1.54, 1.807) is 36.4 Å². The number of benzene rings is 2. The lowest BCUT2D eigenvalue weighted by Crippen LogP contribution is -2.33. The molecule has 3 amide bonds. The number of likely N-dealkylation sites (tertiary alicyclic amines) is 1. The molecular weight excluding hydrogens is 402 g/mol. The standard InChI is InChI=1S/C23H23N3O3.ClH/c24-20-9-8-16-12-25(13-19(16)20)21(27)15-5-3-4-14(10-15)11-26-22(28)17-6-1-2-7-18(17)23(26)29;/h1-7,10,16,19-20H,8-9,11-13,24H2;1H. The molecule has 7 heteroatoms. The van der Waals surface area contributed by atoms with Crippen LogP contribution in [-0.2, 0) is 6.54 Å². The van der Waals surface area contributed by atoms with Crippen molar-refractivity contribution in [1.29, 1.82) is 0 Å². The maximum Gasteiger partial charge on any atom is 0.261 e. The van der Waals surface area contributed by atoms with Gasteiger partial charge in [0.05, 0.1) is 17.7 Å². The van der Waals surface area contributed by atoms with Gasteiger partial charge in [-0.3, -0.25) is 19.3 Å². The van der Waals surface area contributed by atoms with Gasteiger partial charge in [-0.1, -0.05) is 24.3 Å². The molecule has 2 fully saturated rings. The number of hydrogen-bond donors (Lipinski definition) is 1. The number of fused-ring (bicyclic) bond motifs is 2. The molecule has 0 bridgehead atoms. The first-order valence-corrected chi connectivity index (χ1v) is 10.1. The third-order valence-corrected chi connectivity index (χ3v) is 6.59. The molecule has 0 spiro atoms. The molecule has 3 aliphatic rings. The van der Waals surface area contributed by atoms with Crippen LogP contribution in [0.5, 0.6) is 0 Å². The van der Waals surface area contributed by atoms with Crippen LogP contribution in [-0.4, -0.2) is 46.7 Å². The summed E-state index contributed by atoms with van der Waals surface area (Å²) in [5.74, 6) is 0.333. The minimum absolute atomic E-state index is 0. The van der Waals surface area contributed by atoms with Crippen LogP contribution in [0.4, 0.5) is 0 Å². The fourth-order valence-electron chi connectivity index (χ4n) is 5.02. The Kier molecular flexibility index (Phi) is 5.38. The lowest BCUT2D eigenvalue weighted by molar-refractivity contribution is 0.0642. The molecule has 1 aliphatic carbocycles. The van der Waals surface area contributed by atoms with Crippen molar-refractivity contribution in [3.63, 3.8) is 0 Å². The summed E-state index contributed by atoms with van der Waals surface area (Å²) in [5, 5.41) is 0. The van der Waals surface area contributed by atoms with Crippen LogP contribution >= 0.6 is 12.4 Å². The molecule has 2 aliphatic heterocycles. The number of hydrogen-bond acceptors (Lipinski definition) is 4. The van der Waals surface area contributed by atoms with Crippen LogP contribution in [0.1, 0.15) is 49.5 Å². The van der Waals surface area contributed by atoms with Gasteiger partial charge in [0.1, 0.15) is 0 Å². The Hall–Kier alpha value is -2.70. The molecule has 1 saturated carbocycles. The molecule has 5 rings (SSSR count). The van der Waals surface area contributed by atoms with E-state index in [0.717, 1.165) is 24.9 Å². The largest absolute Gasteiger partial charge is 0.338 e. The summed E-state index contributed by atoms with van der Waals surface area (Å²) in [6.45, 7) is 1.64. The molecule has 2 aromatic carbocycles. The Morgan fingerprint density at radius 2 is 1.67 bits per heavy atom. The molecule has 3 unspecified atom stereocenters. The van der Waals surface area contributed by atoms with E-state index in [2.05, 4.69) is 0 Å². The summed E-state index contributed by atoms with van der Waals surface area (Å²) >= 11 is 0. The van der Waals surface area contributed by atoms with Crippen LogP contribution in [0.2, 0.25) is 0 Å². The highest BCUT2D eigenvalue weighted by atomic mass is 35.5. The van der Waals surface area contributed by atoms with Crippen molar-refractivity contribution in [3.05, 3.63) is 70.8 Å². The van der Waals surface area contributed by atoms with Gasteiger partial charge in [-0.2, -0.15) is 0 Å². The normalized spacial score (nSPS) is 24.6. The van der Waals surface area contributed by atoms with Crippen LogP contribution < -0.4 is 5.73 Å². The zero-order valence-electron chi connectivity index (χ0n) is 16.5. The van der Waals surface area contributed by atoms with Gasteiger partial charge in [0.2, 0.25) is 0 Å². The van der Waals surface area contributed by atoms with E-state index in [4.69, 9.17) is 5.73 Å². The minimum atomic E-state index is -0.288. The summed E-state index contributed by atoms with van der Waals surface area (Å²) in [5.41, 5.74) is 8.42. The molecule has 2 aromatic rings. The van der Waals surface area contributed by atoms with Crippen molar-refractivity contribution in [2.75, 3.05) is 13.1 Å². The quantitative estimate of drug-likeness (QED) is 0.766. The molecular formula is C23H24ClN3O3. The number of imide groups is 1. The first-order valence-electron chi connectivity index (χ1n) is 10.1. The van der Waals surface area contributed by atoms with E-state index in [1.807, 2.05) is 17.0 Å². The van der Waals surface area contributed by atoms with Gasteiger partial charge >= 0.3 is 0 Å². The molecule has 2 heterocycles. The Bertz CT molecular complexity index is 989. The molecule has 6 nitrogen and oxygen atoms in total. The number of halogens is 1. The second-order valence-corrected chi connectivity index (χ2v) is 8.32. The van der Waals surface area contributed by atoms with E-state index in [-0.39, 0.29) is 42.7 Å². The second kappa shape index (κ2) is 7.85. The lowest BCUT2D eigenvalue weighted by Gasteiger charge is -2.20.